The predicted octanol–water partition coefficient (Wildman–Crippen LogP) is 3.21. The zero-order valence-electron chi connectivity index (χ0n) is 13.3. The van der Waals surface area contributed by atoms with Gasteiger partial charge in [-0.15, -0.1) is 22.7 Å². The molecule has 2 N–H and O–H groups in total. The van der Waals surface area contributed by atoms with Crippen LogP contribution in [0.15, 0.2) is 5.38 Å². The van der Waals surface area contributed by atoms with Gasteiger partial charge in [-0.2, -0.15) is 0 Å². The molecule has 1 aliphatic carbocycles. The minimum atomic E-state index is 0.144. The second-order valence-electron chi connectivity index (χ2n) is 6.54. The second kappa shape index (κ2) is 5.65. The first-order valence-corrected chi connectivity index (χ1v) is 9.68. The van der Waals surface area contributed by atoms with Crippen LogP contribution in [0, 0.1) is 25.2 Å². The molecule has 0 bridgehead atoms. The maximum Gasteiger partial charge on any atom is 0.229 e. The Balaban J connectivity index is 1.44. The molecule has 0 aromatic carbocycles. The number of anilines is 1. The number of hydrogen-bond acceptors (Lipinski definition) is 6. The molecule has 2 aromatic rings. The van der Waals surface area contributed by atoms with Gasteiger partial charge >= 0.3 is 0 Å². The lowest BCUT2D eigenvalue weighted by Crippen LogP contribution is -2.31. The van der Waals surface area contributed by atoms with Crippen molar-refractivity contribution in [1.29, 1.82) is 0 Å². The minimum absolute atomic E-state index is 0.144. The molecular formula is C16H20N4OS2. The summed E-state index contributed by atoms with van der Waals surface area (Å²) < 4.78 is 0. The van der Waals surface area contributed by atoms with E-state index < -0.39 is 0 Å². The molecule has 1 aliphatic heterocycles. The fourth-order valence-corrected chi connectivity index (χ4v) is 5.25. The van der Waals surface area contributed by atoms with Gasteiger partial charge in [-0.05, 0) is 51.6 Å². The summed E-state index contributed by atoms with van der Waals surface area (Å²) in [7, 11) is 0. The Hall–Kier alpha value is -1.31. The number of thiazole rings is 2. The summed E-state index contributed by atoms with van der Waals surface area (Å²) in [5.41, 5.74) is 2.19. The van der Waals surface area contributed by atoms with Crippen molar-refractivity contribution < 1.29 is 4.79 Å². The van der Waals surface area contributed by atoms with Crippen LogP contribution in [0.5, 0.6) is 0 Å². The summed E-state index contributed by atoms with van der Waals surface area (Å²) in [6, 6.07) is 0. The molecule has 1 saturated carbocycles. The maximum atomic E-state index is 12.5. The van der Waals surface area contributed by atoms with Crippen molar-refractivity contribution in [1.82, 2.24) is 15.3 Å². The van der Waals surface area contributed by atoms with Gasteiger partial charge in [-0.25, -0.2) is 9.97 Å². The third kappa shape index (κ3) is 2.81. The van der Waals surface area contributed by atoms with E-state index in [0.717, 1.165) is 53.6 Å². The monoisotopic (exact) mass is 348 g/mol. The zero-order chi connectivity index (χ0) is 16.0. The van der Waals surface area contributed by atoms with Gasteiger partial charge in [0.1, 0.15) is 0 Å². The standard InChI is InChI=1S/C16H20N4OS2/c1-9-13(23-10(2)18-9)12-8-22-15(19-12)20-14(21)11-7-16(11)3-5-17-6-4-16/h8,11,17H,3-7H2,1-2H3,(H,19,20,21). The highest BCUT2D eigenvalue weighted by molar-refractivity contribution is 7.16. The highest BCUT2D eigenvalue weighted by Gasteiger charge is 2.57. The van der Waals surface area contributed by atoms with Gasteiger partial charge in [0.15, 0.2) is 5.13 Å². The van der Waals surface area contributed by atoms with Crippen molar-refractivity contribution in [2.75, 3.05) is 18.4 Å². The Labute approximate surface area is 143 Å². The summed E-state index contributed by atoms with van der Waals surface area (Å²) in [4.78, 5) is 22.6. The quantitative estimate of drug-likeness (QED) is 0.894. The first-order chi connectivity index (χ1) is 11.1. The van der Waals surface area contributed by atoms with Gasteiger partial charge in [0.05, 0.1) is 21.3 Å². The van der Waals surface area contributed by atoms with Crippen molar-refractivity contribution in [3.05, 3.63) is 16.1 Å². The molecule has 1 saturated heterocycles. The number of carbonyl (C=O) groups is 1. The molecule has 2 aliphatic rings. The van der Waals surface area contributed by atoms with E-state index in [4.69, 9.17) is 0 Å². The third-order valence-corrected chi connectivity index (χ3v) is 6.83. The SMILES string of the molecule is Cc1nc(C)c(-c2csc(NC(=O)C3CC34CCNCC4)n2)s1. The Bertz CT molecular complexity index is 745. The molecule has 23 heavy (non-hydrogen) atoms. The largest absolute Gasteiger partial charge is 0.317 e. The highest BCUT2D eigenvalue weighted by Crippen LogP contribution is 2.58. The van der Waals surface area contributed by atoms with Crippen LogP contribution in [0.25, 0.3) is 10.6 Å². The minimum Gasteiger partial charge on any atom is -0.317 e. The Morgan fingerprint density at radius 3 is 2.83 bits per heavy atom. The topological polar surface area (TPSA) is 66.9 Å². The van der Waals surface area contributed by atoms with Crippen LogP contribution in [-0.2, 0) is 4.79 Å². The first kappa shape index (κ1) is 15.2. The number of nitrogens with one attached hydrogen (secondary N) is 2. The number of aryl methyl sites for hydroxylation is 2. The molecule has 2 aromatic heterocycles. The number of rotatable bonds is 3. The lowest BCUT2D eigenvalue weighted by Gasteiger charge is -2.22. The lowest BCUT2D eigenvalue weighted by atomic mass is 9.92. The summed E-state index contributed by atoms with van der Waals surface area (Å²) in [5, 5.41) is 10.1. The molecule has 2 fully saturated rings. The zero-order valence-corrected chi connectivity index (χ0v) is 14.9. The van der Waals surface area contributed by atoms with Gasteiger partial charge in [0.2, 0.25) is 5.91 Å². The van der Waals surface area contributed by atoms with Crippen LogP contribution in [0.2, 0.25) is 0 Å². The number of piperidine rings is 1. The fourth-order valence-electron chi connectivity index (χ4n) is 3.59. The molecule has 0 radical (unpaired) electrons. The van der Waals surface area contributed by atoms with Crippen LogP contribution in [0.3, 0.4) is 0 Å². The van der Waals surface area contributed by atoms with Gasteiger partial charge in [-0.3, -0.25) is 4.79 Å². The Morgan fingerprint density at radius 2 is 2.13 bits per heavy atom. The molecule has 122 valence electrons. The number of aromatic nitrogens is 2. The van der Waals surface area contributed by atoms with E-state index >= 15 is 0 Å². The van der Waals surface area contributed by atoms with Gasteiger partial charge in [0, 0.05) is 11.3 Å². The van der Waals surface area contributed by atoms with Gasteiger partial charge in [0.25, 0.3) is 0 Å². The second-order valence-corrected chi connectivity index (χ2v) is 8.60. The summed E-state index contributed by atoms with van der Waals surface area (Å²) in [6.07, 6.45) is 3.27. The van der Waals surface area contributed by atoms with E-state index in [1.54, 1.807) is 11.3 Å². The van der Waals surface area contributed by atoms with E-state index in [9.17, 15) is 4.79 Å². The van der Waals surface area contributed by atoms with Crippen molar-refractivity contribution in [2.24, 2.45) is 11.3 Å². The fraction of sp³-hybridized carbons (Fsp3) is 0.562. The summed E-state index contributed by atoms with van der Waals surface area (Å²) in [6.45, 7) is 6.08. The van der Waals surface area contributed by atoms with Crippen LogP contribution < -0.4 is 10.6 Å². The van der Waals surface area contributed by atoms with Crippen LogP contribution in [-0.4, -0.2) is 29.0 Å². The highest BCUT2D eigenvalue weighted by atomic mass is 32.1. The first-order valence-electron chi connectivity index (χ1n) is 7.99. The third-order valence-electron chi connectivity index (χ3n) is 4.98. The Morgan fingerprint density at radius 1 is 1.35 bits per heavy atom. The van der Waals surface area contributed by atoms with Crippen LogP contribution >= 0.6 is 22.7 Å². The van der Waals surface area contributed by atoms with Crippen molar-refractivity contribution >= 4 is 33.7 Å². The number of carbonyl (C=O) groups excluding carboxylic acids is 1. The predicted molar refractivity (Wildman–Crippen MR) is 94.0 cm³/mol. The molecule has 7 heteroatoms. The molecule has 1 amide bonds. The van der Waals surface area contributed by atoms with E-state index in [1.807, 2.05) is 19.2 Å². The Kier molecular flexibility index (Phi) is 3.74. The van der Waals surface area contributed by atoms with Gasteiger partial charge in [-0.1, -0.05) is 0 Å². The van der Waals surface area contributed by atoms with E-state index in [0.29, 0.717) is 5.13 Å². The number of amides is 1. The molecule has 1 spiro atoms. The molecule has 1 unspecified atom stereocenters. The maximum absolute atomic E-state index is 12.5. The van der Waals surface area contributed by atoms with E-state index in [1.165, 1.54) is 11.3 Å². The van der Waals surface area contributed by atoms with Gasteiger partial charge < -0.3 is 10.6 Å². The molecule has 3 heterocycles. The number of hydrogen-bond donors (Lipinski definition) is 2. The van der Waals surface area contributed by atoms with Crippen molar-refractivity contribution in [2.45, 2.75) is 33.1 Å². The van der Waals surface area contributed by atoms with E-state index in [2.05, 4.69) is 20.6 Å². The van der Waals surface area contributed by atoms with E-state index in [-0.39, 0.29) is 17.2 Å². The molecule has 1 atom stereocenters. The summed E-state index contributed by atoms with van der Waals surface area (Å²) in [5.74, 6) is 0.314. The van der Waals surface area contributed by atoms with Crippen molar-refractivity contribution in [3.63, 3.8) is 0 Å². The summed E-state index contributed by atoms with van der Waals surface area (Å²) >= 11 is 3.14. The normalized spacial score (nSPS) is 22.3. The molecule has 4 rings (SSSR count). The van der Waals surface area contributed by atoms with Crippen molar-refractivity contribution in [3.8, 4) is 10.6 Å². The molecular weight excluding hydrogens is 328 g/mol. The average Bonchev–Trinajstić information content (AvgIpc) is 2.87. The average molecular weight is 348 g/mol. The van der Waals surface area contributed by atoms with Crippen LogP contribution in [0.1, 0.15) is 30.0 Å². The number of nitrogens with zero attached hydrogens (tertiary/aromatic N) is 2. The van der Waals surface area contributed by atoms with Crippen LogP contribution in [0.4, 0.5) is 5.13 Å². The lowest BCUT2D eigenvalue weighted by molar-refractivity contribution is -0.118. The smallest absolute Gasteiger partial charge is 0.229 e. The molecule has 5 nitrogen and oxygen atoms in total.